The minimum Gasteiger partial charge on any atom is -0.388 e. The molecule has 0 radical (unpaired) electrons. The van der Waals surface area contributed by atoms with E-state index in [1.807, 2.05) is 37.3 Å². The number of amides is 1. The van der Waals surface area contributed by atoms with Crippen LogP contribution >= 0.6 is 0 Å². The van der Waals surface area contributed by atoms with Gasteiger partial charge in [-0.05, 0) is 18.9 Å². The van der Waals surface area contributed by atoms with Gasteiger partial charge in [-0.15, -0.1) is 0 Å². The highest BCUT2D eigenvalue weighted by Gasteiger charge is 2.44. The maximum Gasteiger partial charge on any atom is 0.295 e. The predicted molar refractivity (Wildman–Crippen MR) is 93.4 cm³/mol. The highest BCUT2D eigenvalue weighted by molar-refractivity contribution is 6.45. The van der Waals surface area contributed by atoms with E-state index in [0.29, 0.717) is 18.7 Å². The summed E-state index contributed by atoms with van der Waals surface area (Å²) in [7, 11) is 1.59. The Hall–Kier alpha value is -2.14. The number of carbonyl (C=O) groups excluding carboxylic acids is 2. The summed E-state index contributed by atoms with van der Waals surface area (Å²) < 4.78 is 5.11. The fourth-order valence-electron chi connectivity index (χ4n) is 2.97. The van der Waals surface area contributed by atoms with Crippen LogP contribution < -0.4 is 5.32 Å². The fourth-order valence-corrected chi connectivity index (χ4v) is 2.97. The van der Waals surface area contributed by atoms with Crippen LogP contribution in [0.5, 0.6) is 0 Å². The smallest absolute Gasteiger partial charge is 0.295 e. The van der Waals surface area contributed by atoms with Crippen molar-refractivity contribution in [2.75, 3.05) is 26.8 Å². The molecule has 24 heavy (non-hydrogen) atoms. The molecule has 0 bridgehead atoms. The van der Waals surface area contributed by atoms with E-state index >= 15 is 0 Å². The average Bonchev–Trinajstić information content (AvgIpc) is 2.85. The molecule has 1 atom stereocenters. The van der Waals surface area contributed by atoms with E-state index in [-0.39, 0.29) is 6.04 Å². The molecule has 1 aromatic carbocycles. The molecule has 1 aliphatic heterocycles. The van der Waals surface area contributed by atoms with Crippen LogP contribution in [0.3, 0.4) is 0 Å². The second-order valence-electron chi connectivity index (χ2n) is 5.95. The maximum absolute atomic E-state index is 12.6. The molecule has 5 heteroatoms. The standard InChI is InChI=1S/C19H26N2O3/c1-4-5-11-20-14(2)16-17(15-9-7-6-8-10-15)21(12-13-24-3)19(23)18(16)22/h6-10,17,20H,4-5,11-13H2,1-3H3/b16-14-. The molecule has 1 unspecified atom stereocenters. The Morgan fingerprint density at radius 1 is 1.25 bits per heavy atom. The lowest BCUT2D eigenvalue weighted by Crippen LogP contribution is -2.32. The first-order valence-electron chi connectivity index (χ1n) is 8.45. The number of Topliss-reactive ketones (excluding diaryl/α,β-unsaturated/α-hetero) is 1. The van der Waals surface area contributed by atoms with Gasteiger partial charge in [0.25, 0.3) is 11.7 Å². The van der Waals surface area contributed by atoms with Crippen LogP contribution in [0.1, 0.15) is 38.3 Å². The number of rotatable bonds is 8. The molecule has 1 fully saturated rings. The summed E-state index contributed by atoms with van der Waals surface area (Å²) in [6.45, 7) is 5.59. The number of nitrogens with one attached hydrogen (secondary N) is 1. The molecule has 0 aliphatic carbocycles. The van der Waals surface area contributed by atoms with Crippen LogP contribution in [-0.4, -0.2) is 43.4 Å². The first kappa shape index (κ1) is 18.2. The van der Waals surface area contributed by atoms with Gasteiger partial charge in [-0.3, -0.25) is 9.59 Å². The Kier molecular flexibility index (Phi) is 6.55. The van der Waals surface area contributed by atoms with Crippen molar-refractivity contribution >= 4 is 11.7 Å². The van der Waals surface area contributed by atoms with Crippen molar-refractivity contribution in [1.29, 1.82) is 0 Å². The van der Waals surface area contributed by atoms with Crippen LogP contribution in [0, 0.1) is 0 Å². The molecule has 0 aromatic heterocycles. The normalized spacial score (nSPS) is 19.8. The Labute approximate surface area is 143 Å². The van der Waals surface area contributed by atoms with Gasteiger partial charge in [-0.25, -0.2) is 0 Å². The zero-order valence-electron chi connectivity index (χ0n) is 14.7. The monoisotopic (exact) mass is 330 g/mol. The van der Waals surface area contributed by atoms with Crippen molar-refractivity contribution in [3.05, 3.63) is 47.2 Å². The molecule has 1 N–H and O–H groups in total. The second kappa shape index (κ2) is 8.64. The third-order valence-electron chi connectivity index (χ3n) is 4.26. The number of ether oxygens (including phenoxy) is 1. The molecular formula is C19H26N2O3. The summed E-state index contributed by atoms with van der Waals surface area (Å²) in [4.78, 5) is 26.7. The van der Waals surface area contributed by atoms with Crippen molar-refractivity contribution in [1.82, 2.24) is 10.2 Å². The molecule has 1 aromatic rings. The Bertz CT molecular complexity index is 610. The van der Waals surface area contributed by atoms with Crippen LogP contribution in [0.4, 0.5) is 0 Å². The molecule has 1 heterocycles. The molecule has 1 saturated heterocycles. The number of ketones is 1. The SMILES string of the molecule is CCCCN/C(C)=C1\C(=O)C(=O)N(CCOC)C1c1ccccc1. The Balaban J connectivity index is 2.40. The minimum atomic E-state index is -0.451. The van der Waals surface area contributed by atoms with Crippen molar-refractivity contribution in [3.63, 3.8) is 0 Å². The highest BCUT2D eigenvalue weighted by Crippen LogP contribution is 2.36. The minimum absolute atomic E-state index is 0.351. The topological polar surface area (TPSA) is 58.6 Å². The number of nitrogens with zero attached hydrogens (tertiary/aromatic N) is 1. The maximum atomic E-state index is 12.6. The Morgan fingerprint density at radius 3 is 2.58 bits per heavy atom. The zero-order valence-corrected chi connectivity index (χ0v) is 14.7. The van der Waals surface area contributed by atoms with E-state index in [4.69, 9.17) is 4.74 Å². The molecule has 0 spiro atoms. The molecule has 0 saturated carbocycles. The average molecular weight is 330 g/mol. The van der Waals surface area contributed by atoms with Gasteiger partial charge in [0.2, 0.25) is 0 Å². The number of hydrogen-bond donors (Lipinski definition) is 1. The molecule has 5 nitrogen and oxygen atoms in total. The lowest BCUT2D eigenvalue weighted by atomic mass is 9.97. The molecule has 1 aliphatic rings. The third-order valence-corrected chi connectivity index (χ3v) is 4.26. The molecule has 2 rings (SSSR count). The van der Waals surface area contributed by atoms with Gasteiger partial charge in [0.05, 0.1) is 18.2 Å². The van der Waals surface area contributed by atoms with Gasteiger partial charge in [-0.2, -0.15) is 0 Å². The molecule has 1 amide bonds. The van der Waals surface area contributed by atoms with Crippen LogP contribution in [0.15, 0.2) is 41.6 Å². The summed E-state index contributed by atoms with van der Waals surface area (Å²) >= 11 is 0. The van der Waals surface area contributed by atoms with E-state index in [2.05, 4.69) is 12.2 Å². The fraction of sp³-hybridized carbons (Fsp3) is 0.474. The highest BCUT2D eigenvalue weighted by atomic mass is 16.5. The van der Waals surface area contributed by atoms with Gasteiger partial charge in [-0.1, -0.05) is 43.7 Å². The van der Waals surface area contributed by atoms with Gasteiger partial charge in [0, 0.05) is 25.9 Å². The van der Waals surface area contributed by atoms with Gasteiger partial charge in [0.15, 0.2) is 0 Å². The predicted octanol–water partition coefficient (Wildman–Crippen LogP) is 2.45. The van der Waals surface area contributed by atoms with Gasteiger partial charge in [0.1, 0.15) is 0 Å². The van der Waals surface area contributed by atoms with Crippen molar-refractivity contribution in [2.24, 2.45) is 0 Å². The number of allylic oxidation sites excluding steroid dienone is 1. The Morgan fingerprint density at radius 2 is 1.96 bits per heavy atom. The summed E-state index contributed by atoms with van der Waals surface area (Å²) in [5, 5.41) is 3.30. The number of hydrogen-bond acceptors (Lipinski definition) is 4. The third kappa shape index (κ3) is 3.85. The number of carbonyl (C=O) groups is 2. The van der Waals surface area contributed by atoms with Crippen LogP contribution in [-0.2, 0) is 14.3 Å². The molecular weight excluding hydrogens is 304 g/mol. The quantitative estimate of drug-likeness (QED) is 0.452. The van der Waals surface area contributed by atoms with E-state index in [1.54, 1.807) is 12.0 Å². The van der Waals surface area contributed by atoms with Crippen molar-refractivity contribution < 1.29 is 14.3 Å². The van der Waals surface area contributed by atoms with Gasteiger partial charge >= 0.3 is 0 Å². The number of likely N-dealkylation sites (tertiary alicyclic amines) is 1. The number of unbranched alkanes of at least 4 members (excludes halogenated alkanes) is 1. The van der Waals surface area contributed by atoms with Crippen LogP contribution in [0.2, 0.25) is 0 Å². The van der Waals surface area contributed by atoms with E-state index in [9.17, 15) is 9.59 Å². The van der Waals surface area contributed by atoms with Gasteiger partial charge < -0.3 is 15.0 Å². The first-order chi connectivity index (χ1) is 11.6. The summed E-state index contributed by atoms with van der Waals surface area (Å²) in [6.07, 6.45) is 2.10. The van der Waals surface area contributed by atoms with E-state index in [1.165, 1.54) is 0 Å². The summed E-state index contributed by atoms with van der Waals surface area (Å²) in [6, 6.07) is 9.33. The van der Waals surface area contributed by atoms with Crippen molar-refractivity contribution in [3.8, 4) is 0 Å². The largest absolute Gasteiger partial charge is 0.388 e. The first-order valence-corrected chi connectivity index (χ1v) is 8.45. The second-order valence-corrected chi connectivity index (χ2v) is 5.95. The summed E-state index contributed by atoms with van der Waals surface area (Å²) in [5.41, 5.74) is 2.29. The van der Waals surface area contributed by atoms with E-state index < -0.39 is 11.7 Å². The lowest BCUT2D eigenvalue weighted by molar-refractivity contribution is -0.140. The lowest BCUT2D eigenvalue weighted by Gasteiger charge is -2.25. The van der Waals surface area contributed by atoms with Crippen LogP contribution in [0.25, 0.3) is 0 Å². The van der Waals surface area contributed by atoms with Crippen molar-refractivity contribution in [2.45, 2.75) is 32.7 Å². The summed E-state index contributed by atoms with van der Waals surface area (Å²) in [5.74, 6) is -0.867. The van der Waals surface area contributed by atoms with E-state index in [0.717, 1.165) is 30.6 Å². The molecule has 130 valence electrons. The zero-order chi connectivity index (χ0) is 17.5. The number of methoxy groups -OCH3 is 1. The number of benzene rings is 1.